The predicted octanol–water partition coefficient (Wildman–Crippen LogP) is 2.19. The van der Waals surface area contributed by atoms with E-state index in [1.807, 2.05) is 29.2 Å². The molecule has 0 aromatic heterocycles. The molecule has 132 valence electrons. The average Bonchev–Trinajstić information content (AvgIpc) is 3.43. The molecule has 0 spiro atoms. The molecule has 6 nitrogen and oxygen atoms in total. The van der Waals surface area contributed by atoms with Crippen molar-refractivity contribution in [2.24, 2.45) is 0 Å². The van der Waals surface area contributed by atoms with Gasteiger partial charge >= 0.3 is 0 Å². The molecule has 1 aliphatic rings. The Bertz CT molecular complexity index is 569. The molecule has 1 N–H and O–H groups in total. The van der Waals surface area contributed by atoms with E-state index in [0.717, 1.165) is 18.4 Å². The van der Waals surface area contributed by atoms with Crippen molar-refractivity contribution in [1.29, 1.82) is 0 Å². The lowest BCUT2D eigenvalue weighted by atomic mass is 10.1. The van der Waals surface area contributed by atoms with Gasteiger partial charge in [0.2, 0.25) is 0 Å². The third kappa shape index (κ3) is 4.79. The third-order valence-electron chi connectivity index (χ3n) is 4.27. The van der Waals surface area contributed by atoms with Crippen LogP contribution in [0.15, 0.2) is 24.3 Å². The number of carbonyl (C=O) groups is 2. The second-order valence-electron chi connectivity index (χ2n) is 6.14. The minimum Gasteiger partial charge on any atom is -0.372 e. The molecule has 0 saturated heterocycles. The van der Waals surface area contributed by atoms with Crippen LogP contribution in [0.1, 0.15) is 32.3 Å². The summed E-state index contributed by atoms with van der Waals surface area (Å²) in [5.74, 6) is -0.166. The Labute approximate surface area is 143 Å². The molecule has 0 heterocycles. The van der Waals surface area contributed by atoms with Gasteiger partial charge in [-0.15, -0.1) is 0 Å². The van der Waals surface area contributed by atoms with E-state index >= 15 is 0 Å². The Morgan fingerprint density at radius 1 is 1.12 bits per heavy atom. The highest BCUT2D eigenvalue weighted by Gasteiger charge is 2.34. The van der Waals surface area contributed by atoms with Crippen LogP contribution in [-0.4, -0.2) is 49.2 Å². The van der Waals surface area contributed by atoms with Crippen LogP contribution >= 0.6 is 0 Å². The number of benzene rings is 1. The normalized spacial score (nSPS) is 16.3. The van der Waals surface area contributed by atoms with E-state index < -0.39 is 12.2 Å². The van der Waals surface area contributed by atoms with Crippen LogP contribution in [0.3, 0.4) is 0 Å². The molecule has 0 unspecified atom stereocenters. The minimum atomic E-state index is -0.497. The van der Waals surface area contributed by atoms with Crippen LogP contribution in [0, 0.1) is 0 Å². The molecule has 2 atom stereocenters. The fraction of sp³-hybridized carbons (Fsp3) is 0.556. The fourth-order valence-electron chi connectivity index (χ4n) is 2.35. The Balaban J connectivity index is 1.99. The molecule has 0 bridgehead atoms. The van der Waals surface area contributed by atoms with Gasteiger partial charge in [-0.05, 0) is 44.4 Å². The average molecular weight is 334 g/mol. The van der Waals surface area contributed by atoms with E-state index in [-0.39, 0.29) is 11.8 Å². The summed E-state index contributed by atoms with van der Waals surface area (Å²) in [6.45, 7) is 4.02. The largest absolute Gasteiger partial charge is 0.372 e. The lowest BCUT2D eigenvalue weighted by Crippen LogP contribution is -2.39. The second kappa shape index (κ2) is 8.26. The van der Waals surface area contributed by atoms with Crippen molar-refractivity contribution in [1.82, 2.24) is 4.90 Å². The first-order chi connectivity index (χ1) is 11.5. The van der Waals surface area contributed by atoms with Crippen LogP contribution in [-0.2, 0) is 25.6 Å². The van der Waals surface area contributed by atoms with Gasteiger partial charge in [0.05, 0.1) is 0 Å². The van der Waals surface area contributed by atoms with E-state index in [1.54, 1.807) is 21.0 Å². The molecule has 1 fully saturated rings. The maximum absolute atomic E-state index is 12.4. The number of ether oxygens (including phenoxy) is 2. The molecule has 0 aliphatic heterocycles. The summed E-state index contributed by atoms with van der Waals surface area (Å²) in [5, 5.41) is 2.79. The predicted molar refractivity (Wildman–Crippen MR) is 91.6 cm³/mol. The fourth-order valence-corrected chi connectivity index (χ4v) is 2.35. The van der Waals surface area contributed by atoms with Crippen molar-refractivity contribution in [3.8, 4) is 0 Å². The summed E-state index contributed by atoms with van der Waals surface area (Å²) in [4.78, 5) is 26.1. The molecule has 1 saturated carbocycles. The van der Waals surface area contributed by atoms with E-state index in [2.05, 4.69) is 5.32 Å². The van der Waals surface area contributed by atoms with Crippen molar-refractivity contribution >= 4 is 17.5 Å². The molecule has 1 aliphatic carbocycles. The Morgan fingerprint density at radius 3 is 2.21 bits per heavy atom. The highest BCUT2D eigenvalue weighted by molar-refractivity contribution is 5.93. The number of nitrogens with one attached hydrogen (secondary N) is 1. The zero-order valence-electron chi connectivity index (χ0n) is 14.7. The van der Waals surface area contributed by atoms with Gasteiger partial charge < -0.3 is 19.7 Å². The SMILES string of the molecule is CO[C@H](C)C(=O)Nc1ccc(CN(C(=O)[C@@H](C)OC)C2CC2)cc1. The van der Waals surface area contributed by atoms with Crippen molar-refractivity contribution < 1.29 is 19.1 Å². The lowest BCUT2D eigenvalue weighted by Gasteiger charge is -2.25. The molecule has 24 heavy (non-hydrogen) atoms. The molecule has 0 radical (unpaired) electrons. The van der Waals surface area contributed by atoms with Crippen molar-refractivity contribution in [3.05, 3.63) is 29.8 Å². The summed E-state index contributed by atoms with van der Waals surface area (Å²) in [7, 11) is 3.05. The molecule has 2 rings (SSSR count). The van der Waals surface area contributed by atoms with Gasteiger partial charge in [0.1, 0.15) is 12.2 Å². The topological polar surface area (TPSA) is 67.9 Å². The number of anilines is 1. The van der Waals surface area contributed by atoms with Gasteiger partial charge in [-0.1, -0.05) is 12.1 Å². The maximum Gasteiger partial charge on any atom is 0.253 e. The smallest absolute Gasteiger partial charge is 0.253 e. The van der Waals surface area contributed by atoms with E-state index in [1.165, 1.54) is 7.11 Å². The summed E-state index contributed by atoms with van der Waals surface area (Å²) in [5.41, 5.74) is 1.73. The first kappa shape index (κ1) is 18.4. The highest BCUT2D eigenvalue weighted by atomic mass is 16.5. The molecule has 1 aromatic rings. The standard InChI is InChI=1S/C18H26N2O4/c1-12(23-3)17(21)19-15-7-5-14(6-8-15)11-20(16-9-10-16)18(22)13(2)24-4/h5-8,12-13,16H,9-11H2,1-4H3,(H,19,21)/t12-,13-/m1/s1. The Kier molecular flexibility index (Phi) is 6.34. The number of carbonyl (C=O) groups excluding carboxylic acids is 2. The quantitative estimate of drug-likeness (QED) is 0.791. The molecule has 6 heteroatoms. The highest BCUT2D eigenvalue weighted by Crippen LogP contribution is 2.29. The zero-order chi connectivity index (χ0) is 17.7. The van der Waals surface area contributed by atoms with Gasteiger partial charge in [0, 0.05) is 32.5 Å². The summed E-state index contributed by atoms with van der Waals surface area (Å²) >= 11 is 0. The van der Waals surface area contributed by atoms with Crippen molar-refractivity contribution in [3.63, 3.8) is 0 Å². The van der Waals surface area contributed by atoms with Gasteiger partial charge in [0.25, 0.3) is 11.8 Å². The van der Waals surface area contributed by atoms with Crippen molar-refractivity contribution in [2.45, 2.75) is 51.5 Å². The molecule has 2 amide bonds. The van der Waals surface area contributed by atoms with E-state index in [0.29, 0.717) is 18.3 Å². The number of rotatable bonds is 8. The summed E-state index contributed by atoms with van der Waals surface area (Å²) in [6, 6.07) is 7.84. The molecular weight excluding hydrogens is 308 g/mol. The maximum atomic E-state index is 12.4. The Morgan fingerprint density at radius 2 is 1.71 bits per heavy atom. The number of amides is 2. The minimum absolute atomic E-state index is 0.0197. The van der Waals surface area contributed by atoms with Gasteiger partial charge in [-0.3, -0.25) is 9.59 Å². The van der Waals surface area contributed by atoms with Gasteiger partial charge in [-0.25, -0.2) is 0 Å². The summed E-state index contributed by atoms with van der Waals surface area (Å²) in [6.07, 6.45) is 1.17. The number of methoxy groups -OCH3 is 2. The first-order valence-corrected chi connectivity index (χ1v) is 8.22. The monoisotopic (exact) mass is 334 g/mol. The number of nitrogens with zero attached hydrogens (tertiary/aromatic N) is 1. The number of hydrogen-bond donors (Lipinski definition) is 1. The van der Waals surface area contributed by atoms with Crippen LogP contribution in [0.5, 0.6) is 0 Å². The van der Waals surface area contributed by atoms with Gasteiger partial charge in [-0.2, -0.15) is 0 Å². The van der Waals surface area contributed by atoms with E-state index in [9.17, 15) is 9.59 Å². The van der Waals surface area contributed by atoms with Crippen molar-refractivity contribution in [2.75, 3.05) is 19.5 Å². The van der Waals surface area contributed by atoms with Crippen LogP contribution in [0.25, 0.3) is 0 Å². The second-order valence-corrected chi connectivity index (χ2v) is 6.14. The van der Waals surface area contributed by atoms with Crippen LogP contribution < -0.4 is 5.32 Å². The molecule has 1 aromatic carbocycles. The first-order valence-electron chi connectivity index (χ1n) is 8.22. The Hall–Kier alpha value is -1.92. The van der Waals surface area contributed by atoms with Gasteiger partial charge in [0.15, 0.2) is 0 Å². The zero-order valence-corrected chi connectivity index (χ0v) is 14.7. The van der Waals surface area contributed by atoms with E-state index in [4.69, 9.17) is 9.47 Å². The molecular formula is C18H26N2O4. The van der Waals surface area contributed by atoms with Crippen LogP contribution in [0.2, 0.25) is 0 Å². The lowest BCUT2D eigenvalue weighted by molar-refractivity contribution is -0.142. The van der Waals surface area contributed by atoms with Crippen LogP contribution in [0.4, 0.5) is 5.69 Å². The summed E-state index contributed by atoms with van der Waals surface area (Å²) < 4.78 is 10.1. The third-order valence-corrected chi connectivity index (χ3v) is 4.27. The number of hydrogen-bond acceptors (Lipinski definition) is 4.